The molecular formula is C45H86NO9P. The minimum absolute atomic E-state index is 0.0197. The number of allylic oxidation sites excluding steroid dienone is 4. The van der Waals surface area contributed by atoms with Crippen molar-refractivity contribution in [3.8, 4) is 0 Å². The molecule has 0 aliphatic rings. The zero-order valence-electron chi connectivity index (χ0n) is 36.0. The van der Waals surface area contributed by atoms with E-state index in [2.05, 4.69) is 38.2 Å². The third-order valence-electron chi connectivity index (χ3n) is 9.98. The van der Waals surface area contributed by atoms with E-state index < -0.39 is 45.1 Å². The number of unbranched alkanes of at least 4 members (excludes halogenated alkanes) is 26. The van der Waals surface area contributed by atoms with Crippen LogP contribution in [-0.4, -0.2) is 60.5 Å². The molecule has 0 bridgehead atoms. The van der Waals surface area contributed by atoms with Crippen molar-refractivity contribution >= 4 is 19.8 Å². The van der Waals surface area contributed by atoms with Crippen molar-refractivity contribution < 1.29 is 42.7 Å². The molecule has 0 amide bonds. The first kappa shape index (κ1) is 54.5. The summed E-state index contributed by atoms with van der Waals surface area (Å²) in [6.07, 6.45) is 45.1. The number of phosphoric ester groups is 1. The lowest BCUT2D eigenvalue weighted by atomic mass is 10.0. The fourth-order valence-electron chi connectivity index (χ4n) is 6.40. The molecule has 0 aromatic heterocycles. The number of carboxylic acid groups (broad SMARTS) is 1. The molecule has 0 aliphatic heterocycles. The molecular weight excluding hydrogens is 729 g/mol. The van der Waals surface area contributed by atoms with Crippen molar-refractivity contribution in [3.05, 3.63) is 24.3 Å². The summed E-state index contributed by atoms with van der Waals surface area (Å²) in [5.74, 6) is -1.78. The number of nitrogens with two attached hydrogens (primary N) is 1. The third-order valence-corrected chi connectivity index (χ3v) is 10.9. The number of carbonyl (C=O) groups is 2. The van der Waals surface area contributed by atoms with E-state index in [4.69, 9.17) is 29.4 Å². The fourth-order valence-corrected chi connectivity index (χ4v) is 7.18. The second kappa shape index (κ2) is 41.6. The van der Waals surface area contributed by atoms with Crippen molar-refractivity contribution in [2.24, 2.45) is 5.73 Å². The van der Waals surface area contributed by atoms with Crippen LogP contribution in [-0.2, 0) is 32.7 Å². The minimum atomic E-state index is -4.61. The van der Waals surface area contributed by atoms with Gasteiger partial charge in [0.05, 0.1) is 19.8 Å². The maximum atomic E-state index is 12.6. The van der Waals surface area contributed by atoms with E-state index in [0.29, 0.717) is 13.0 Å². The second-order valence-electron chi connectivity index (χ2n) is 15.5. The smallest absolute Gasteiger partial charge is 0.472 e. The first-order chi connectivity index (χ1) is 27.2. The summed E-state index contributed by atoms with van der Waals surface area (Å²) in [6.45, 7) is 3.88. The van der Waals surface area contributed by atoms with Crippen LogP contribution >= 0.6 is 7.82 Å². The van der Waals surface area contributed by atoms with Crippen LogP contribution in [0.15, 0.2) is 24.3 Å². The van der Waals surface area contributed by atoms with Gasteiger partial charge in [-0.1, -0.05) is 186 Å². The van der Waals surface area contributed by atoms with Crippen molar-refractivity contribution in [1.29, 1.82) is 0 Å². The molecule has 3 atom stereocenters. The van der Waals surface area contributed by atoms with E-state index in [1.807, 2.05) is 0 Å². The average molecular weight is 816 g/mol. The van der Waals surface area contributed by atoms with Crippen molar-refractivity contribution in [2.75, 3.05) is 26.4 Å². The van der Waals surface area contributed by atoms with E-state index in [-0.39, 0.29) is 13.0 Å². The maximum absolute atomic E-state index is 12.6. The first-order valence-corrected chi connectivity index (χ1v) is 24.4. The van der Waals surface area contributed by atoms with E-state index in [0.717, 1.165) is 51.4 Å². The first-order valence-electron chi connectivity index (χ1n) is 22.9. The molecule has 0 aromatic carbocycles. The minimum Gasteiger partial charge on any atom is -0.480 e. The van der Waals surface area contributed by atoms with Crippen LogP contribution in [0.1, 0.15) is 213 Å². The molecule has 3 unspecified atom stereocenters. The molecule has 0 fully saturated rings. The monoisotopic (exact) mass is 816 g/mol. The number of hydrogen-bond acceptors (Lipinski definition) is 8. The summed E-state index contributed by atoms with van der Waals surface area (Å²) in [4.78, 5) is 33.6. The largest absolute Gasteiger partial charge is 0.480 e. The molecule has 4 N–H and O–H groups in total. The Morgan fingerprint density at radius 3 is 1.48 bits per heavy atom. The summed E-state index contributed by atoms with van der Waals surface area (Å²) in [5, 5.41) is 8.90. The normalized spacial score (nSPS) is 14.1. The van der Waals surface area contributed by atoms with Gasteiger partial charge in [0, 0.05) is 13.0 Å². The van der Waals surface area contributed by atoms with Crippen LogP contribution < -0.4 is 5.73 Å². The highest BCUT2D eigenvalue weighted by atomic mass is 31.2. The van der Waals surface area contributed by atoms with Crippen LogP contribution in [0, 0.1) is 0 Å². The van der Waals surface area contributed by atoms with Gasteiger partial charge in [-0.15, -0.1) is 0 Å². The van der Waals surface area contributed by atoms with Gasteiger partial charge < -0.3 is 25.2 Å². The third kappa shape index (κ3) is 40.6. The summed E-state index contributed by atoms with van der Waals surface area (Å²) in [6, 6.07) is -1.47. The predicted molar refractivity (Wildman–Crippen MR) is 231 cm³/mol. The van der Waals surface area contributed by atoms with Crippen molar-refractivity contribution in [2.45, 2.75) is 225 Å². The topological polar surface area (TPSA) is 155 Å². The summed E-state index contributed by atoms with van der Waals surface area (Å²) < 4.78 is 33.4. The Kier molecular flexibility index (Phi) is 40.5. The molecule has 0 saturated carbocycles. The van der Waals surface area contributed by atoms with Gasteiger partial charge in [0.25, 0.3) is 0 Å². The lowest BCUT2D eigenvalue weighted by Crippen LogP contribution is -2.34. The Bertz CT molecular complexity index is 993. The average Bonchev–Trinajstić information content (AvgIpc) is 3.18. The van der Waals surface area contributed by atoms with Crippen LogP contribution in [0.2, 0.25) is 0 Å². The Morgan fingerprint density at radius 2 is 0.982 bits per heavy atom. The number of rotatable bonds is 44. The van der Waals surface area contributed by atoms with E-state index in [1.165, 1.54) is 135 Å². The SMILES string of the molecule is CCCCC/C=C\C/C=C\CCCCCCCCCCCC(=O)OC(COCCCCCCCCCCCCCCCCC)COP(=O)(O)OCC(N)C(=O)O. The molecule has 10 nitrogen and oxygen atoms in total. The highest BCUT2D eigenvalue weighted by Gasteiger charge is 2.27. The molecule has 0 aromatic rings. The van der Waals surface area contributed by atoms with Gasteiger partial charge in [0.1, 0.15) is 12.1 Å². The molecule has 0 rings (SSSR count). The lowest BCUT2D eigenvalue weighted by molar-refractivity contribution is -0.154. The van der Waals surface area contributed by atoms with E-state index >= 15 is 0 Å². The van der Waals surface area contributed by atoms with Gasteiger partial charge in [-0.05, 0) is 44.9 Å². The number of carboxylic acids is 1. The van der Waals surface area contributed by atoms with Gasteiger partial charge in [0.2, 0.25) is 0 Å². The van der Waals surface area contributed by atoms with Gasteiger partial charge >= 0.3 is 19.8 Å². The van der Waals surface area contributed by atoms with Crippen molar-refractivity contribution in [3.63, 3.8) is 0 Å². The Morgan fingerprint density at radius 1 is 0.571 bits per heavy atom. The number of esters is 1. The fraction of sp³-hybridized carbons (Fsp3) is 0.867. The Labute approximate surface area is 343 Å². The maximum Gasteiger partial charge on any atom is 0.472 e. The Balaban J connectivity index is 4.19. The zero-order valence-corrected chi connectivity index (χ0v) is 36.9. The number of carbonyl (C=O) groups excluding carboxylic acids is 1. The molecule has 0 saturated heterocycles. The summed E-state index contributed by atoms with van der Waals surface area (Å²) in [5.41, 5.74) is 5.36. The van der Waals surface area contributed by atoms with Crippen LogP contribution in [0.25, 0.3) is 0 Å². The van der Waals surface area contributed by atoms with E-state index in [9.17, 15) is 19.0 Å². The molecule has 0 aliphatic carbocycles. The highest BCUT2D eigenvalue weighted by Crippen LogP contribution is 2.43. The predicted octanol–water partition coefficient (Wildman–Crippen LogP) is 12.7. The number of phosphoric acid groups is 1. The van der Waals surface area contributed by atoms with Crippen LogP contribution in [0.5, 0.6) is 0 Å². The summed E-state index contributed by atoms with van der Waals surface area (Å²) in [7, 11) is -4.61. The second-order valence-corrected chi connectivity index (χ2v) is 17.0. The lowest BCUT2D eigenvalue weighted by Gasteiger charge is -2.20. The van der Waals surface area contributed by atoms with E-state index in [1.54, 1.807) is 0 Å². The molecule has 330 valence electrons. The molecule has 11 heteroatoms. The number of aliphatic carboxylic acids is 1. The quantitative estimate of drug-likeness (QED) is 0.0234. The van der Waals surface area contributed by atoms with Crippen LogP contribution in [0.3, 0.4) is 0 Å². The number of ether oxygens (including phenoxy) is 2. The number of hydrogen-bond donors (Lipinski definition) is 3. The molecule has 0 spiro atoms. The molecule has 56 heavy (non-hydrogen) atoms. The van der Waals surface area contributed by atoms with Crippen LogP contribution in [0.4, 0.5) is 0 Å². The molecule has 0 radical (unpaired) electrons. The van der Waals surface area contributed by atoms with Crippen molar-refractivity contribution in [1.82, 2.24) is 0 Å². The highest BCUT2D eigenvalue weighted by molar-refractivity contribution is 7.47. The van der Waals surface area contributed by atoms with Gasteiger partial charge in [0.15, 0.2) is 0 Å². The molecule has 0 heterocycles. The summed E-state index contributed by atoms with van der Waals surface area (Å²) >= 11 is 0. The zero-order chi connectivity index (χ0) is 41.2. The van der Waals surface area contributed by atoms with Gasteiger partial charge in [-0.2, -0.15) is 0 Å². The van der Waals surface area contributed by atoms with Gasteiger partial charge in [-0.25, -0.2) is 4.57 Å². The Hall–Kier alpha value is -1.55. The standard InChI is InChI=1S/C45H86NO9P/c1-3-5-7-9-11-13-15-17-19-20-21-22-23-25-27-29-31-33-35-37-44(47)55-42(40-53-56(50,51)54-41-43(46)45(48)49)39-52-38-36-34-32-30-28-26-24-18-16-14-12-10-8-6-4-2/h11,13,17,19,42-43H,3-10,12,14-16,18,20-41,46H2,1-2H3,(H,48,49)(H,50,51)/b13-11-,19-17-. The van der Waals surface area contributed by atoms with Gasteiger partial charge in [-0.3, -0.25) is 18.6 Å².